The van der Waals surface area contributed by atoms with E-state index in [1.807, 2.05) is 12.1 Å². The van der Waals surface area contributed by atoms with E-state index in [1.165, 1.54) is 13.2 Å². The number of nitrogens with zero attached hydrogens (tertiary/aromatic N) is 4. The van der Waals surface area contributed by atoms with E-state index in [0.717, 1.165) is 38.0 Å². The van der Waals surface area contributed by atoms with Gasteiger partial charge in [-0.25, -0.2) is 19.2 Å². The number of hydrogen-bond donors (Lipinski definition) is 3. The van der Waals surface area contributed by atoms with Crippen LogP contribution in [0.4, 0.5) is 0 Å². The van der Waals surface area contributed by atoms with Crippen molar-refractivity contribution >= 4 is 86.3 Å². The molecular formula is C41H38Cl4N6O7. The predicted molar refractivity (Wildman–Crippen MR) is 224 cm³/mol. The van der Waals surface area contributed by atoms with Crippen LogP contribution in [0.25, 0.3) is 22.1 Å². The van der Waals surface area contributed by atoms with Crippen molar-refractivity contribution in [1.82, 2.24) is 28.9 Å². The first-order chi connectivity index (χ1) is 27.8. The van der Waals surface area contributed by atoms with Gasteiger partial charge in [-0.1, -0.05) is 52.5 Å². The van der Waals surface area contributed by atoms with E-state index in [2.05, 4.69) is 14.9 Å². The second kappa shape index (κ2) is 17.4. The lowest BCUT2D eigenvalue weighted by Gasteiger charge is -2.32. The van der Waals surface area contributed by atoms with Crippen molar-refractivity contribution in [2.75, 3.05) is 33.3 Å². The lowest BCUT2D eigenvalue weighted by atomic mass is 10.0. The number of amides is 1. The highest BCUT2D eigenvalue weighted by Gasteiger charge is 2.28. The van der Waals surface area contributed by atoms with Crippen LogP contribution in [-0.2, 0) is 11.3 Å². The predicted octanol–water partition coefficient (Wildman–Crippen LogP) is 8.07. The van der Waals surface area contributed by atoms with Crippen molar-refractivity contribution in [3.05, 3.63) is 136 Å². The number of benzene rings is 4. The number of fused-ring (bicyclic) bond motifs is 2. The second-order valence-corrected chi connectivity index (χ2v) is 15.9. The Morgan fingerprint density at radius 3 is 1.74 bits per heavy atom. The van der Waals surface area contributed by atoms with Crippen molar-refractivity contribution in [3.63, 3.8) is 0 Å². The molecule has 17 heteroatoms. The summed E-state index contributed by atoms with van der Waals surface area (Å²) in [6, 6.07) is 19.9. The minimum Gasteiger partial charge on any atom is -0.478 e. The number of likely N-dealkylation sites (tertiary alicyclic amines) is 2. The van der Waals surface area contributed by atoms with Crippen LogP contribution in [0.15, 0.2) is 82.4 Å². The lowest BCUT2D eigenvalue weighted by Crippen LogP contribution is -2.40. The maximum Gasteiger partial charge on any atom is 0.337 e. The van der Waals surface area contributed by atoms with E-state index in [1.54, 1.807) is 68.6 Å². The van der Waals surface area contributed by atoms with Crippen LogP contribution >= 0.6 is 46.4 Å². The molecule has 2 saturated heterocycles. The van der Waals surface area contributed by atoms with Gasteiger partial charge in [0.25, 0.3) is 5.91 Å². The van der Waals surface area contributed by atoms with Crippen molar-refractivity contribution < 1.29 is 24.2 Å². The molecule has 302 valence electrons. The van der Waals surface area contributed by atoms with E-state index in [4.69, 9.17) is 51.1 Å². The van der Waals surface area contributed by atoms with Crippen molar-refractivity contribution in [3.8, 4) is 0 Å². The average Bonchev–Trinajstić information content (AvgIpc) is 3.72. The number of carbonyl (C=O) groups excluding carboxylic acids is 2. The number of carbonyl (C=O) groups is 3. The summed E-state index contributed by atoms with van der Waals surface area (Å²) in [4.78, 5) is 70.7. The highest BCUT2D eigenvalue weighted by Crippen LogP contribution is 2.30. The molecule has 2 fully saturated rings. The largest absolute Gasteiger partial charge is 0.478 e. The average molecular weight is 869 g/mol. The monoisotopic (exact) mass is 866 g/mol. The van der Waals surface area contributed by atoms with Gasteiger partial charge in [0.2, 0.25) is 0 Å². The number of aromatic amines is 2. The van der Waals surface area contributed by atoms with Crippen LogP contribution in [0, 0.1) is 0 Å². The lowest BCUT2D eigenvalue weighted by molar-refractivity contribution is 0.0599. The van der Waals surface area contributed by atoms with Crippen LogP contribution < -0.4 is 11.4 Å². The SMILES string of the molecule is COC(=O)c1ccc2[nH]c(=O)n(C3CCN(C(=O)c4ccc(Cl)cc4Cl)CC3)c2c1.O=C(O)c1ccc2[nH]c(=O)n(C3CCN(Cc4ccc(Cl)cc4Cl)CC3)c2c1. The zero-order valence-corrected chi connectivity index (χ0v) is 34.2. The molecule has 4 heterocycles. The first-order valence-electron chi connectivity index (χ1n) is 18.5. The Kier molecular flexibility index (Phi) is 12.4. The molecule has 6 aromatic rings. The molecule has 0 saturated carbocycles. The number of methoxy groups -OCH3 is 1. The van der Waals surface area contributed by atoms with E-state index in [0.29, 0.717) is 79.2 Å². The topological polar surface area (TPSA) is 163 Å². The van der Waals surface area contributed by atoms with Gasteiger partial charge in [0, 0.05) is 59.9 Å². The summed E-state index contributed by atoms with van der Waals surface area (Å²) in [5, 5.41) is 11.3. The van der Waals surface area contributed by atoms with Gasteiger partial charge in [-0.05, 0) is 98.0 Å². The number of carboxylic acid groups (broad SMARTS) is 1. The number of aromatic nitrogens is 4. The first kappa shape index (κ1) is 41.1. The van der Waals surface area contributed by atoms with E-state index < -0.39 is 11.9 Å². The number of imidazole rings is 2. The smallest absolute Gasteiger partial charge is 0.337 e. The number of carboxylic acids is 1. The number of halogens is 4. The minimum atomic E-state index is -1.00. The number of esters is 1. The maximum absolute atomic E-state index is 12.8. The summed E-state index contributed by atoms with van der Waals surface area (Å²) < 4.78 is 8.15. The molecule has 2 aromatic heterocycles. The molecule has 0 spiro atoms. The van der Waals surface area contributed by atoms with Gasteiger partial charge in [0.05, 0.1) is 50.9 Å². The molecule has 13 nitrogen and oxygen atoms in total. The Morgan fingerprint density at radius 2 is 1.21 bits per heavy atom. The van der Waals surface area contributed by atoms with Crippen molar-refractivity contribution in [1.29, 1.82) is 0 Å². The zero-order chi connectivity index (χ0) is 41.2. The number of hydrogen-bond acceptors (Lipinski definition) is 7. The fourth-order valence-electron chi connectivity index (χ4n) is 7.73. The Balaban J connectivity index is 0.000000177. The third-order valence-corrected chi connectivity index (χ3v) is 11.8. The summed E-state index contributed by atoms with van der Waals surface area (Å²) in [7, 11) is 1.32. The third kappa shape index (κ3) is 8.69. The van der Waals surface area contributed by atoms with Gasteiger partial charge in [-0.15, -0.1) is 0 Å². The zero-order valence-electron chi connectivity index (χ0n) is 31.1. The first-order valence-corrected chi connectivity index (χ1v) is 20.0. The molecule has 0 radical (unpaired) electrons. The van der Waals surface area contributed by atoms with Gasteiger partial charge in [0.15, 0.2) is 0 Å². The normalized spacial score (nSPS) is 15.4. The van der Waals surface area contributed by atoms with Crippen LogP contribution in [0.2, 0.25) is 20.1 Å². The molecule has 0 atom stereocenters. The van der Waals surface area contributed by atoms with E-state index in [-0.39, 0.29) is 34.9 Å². The summed E-state index contributed by atoms with van der Waals surface area (Å²) in [6.07, 6.45) is 2.81. The number of nitrogens with one attached hydrogen (secondary N) is 2. The minimum absolute atomic E-state index is 0.0298. The quantitative estimate of drug-likeness (QED) is 0.136. The standard InChI is InChI=1S/C21H19Cl2N3O4.C20H19Cl2N3O3/c1-30-20(28)12-2-5-17-18(10-12)26(21(29)24-17)14-6-8-25(9-7-14)19(27)15-4-3-13(22)11-16(15)23;21-14-3-1-13(16(22)10-14)11-24-7-5-15(6-8-24)25-18-9-12(19(26)27)2-4-17(18)23-20(25)28/h2-5,10-11,14H,6-9H2,1H3,(H,24,29);1-4,9-10,15H,5-8,11H2,(H,23,28)(H,26,27). The van der Waals surface area contributed by atoms with Gasteiger partial charge < -0.3 is 24.7 Å². The molecule has 4 aromatic carbocycles. The molecule has 3 N–H and O–H groups in total. The fraction of sp³-hybridized carbons (Fsp3) is 0.293. The Hall–Kier alpha value is -5.05. The van der Waals surface area contributed by atoms with Crippen molar-refractivity contribution in [2.24, 2.45) is 0 Å². The molecule has 2 aliphatic heterocycles. The number of aromatic carboxylic acids is 1. The highest BCUT2D eigenvalue weighted by atomic mass is 35.5. The van der Waals surface area contributed by atoms with Gasteiger partial charge >= 0.3 is 23.3 Å². The number of ether oxygens (including phenoxy) is 1. The van der Waals surface area contributed by atoms with E-state index in [9.17, 15) is 29.1 Å². The van der Waals surface area contributed by atoms with Gasteiger partial charge in [-0.2, -0.15) is 0 Å². The molecule has 0 bridgehead atoms. The second-order valence-electron chi connectivity index (χ2n) is 14.3. The van der Waals surface area contributed by atoms with Crippen LogP contribution in [0.5, 0.6) is 0 Å². The highest BCUT2D eigenvalue weighted by molar-refractivity contribution is 6.37. The number of rotatable bonds is 7. The summed E-state index contributed by atoms with van der Waals surface area (Å²) in [5.41, 5.74) is 4.15. The maximum atomic E-state index is 12.8. The third-order valence-electron chi connectivity index (χ3n) is 10.7. The van der Waals surface area contributed by atoms with E-state index >= 15 is 0 Å². The molecular weight excluding hydrogens is 830 g/mol. The molecule has 58 heavy (non-hydrogen) atoms. The van der Waals surface area contributed by atoms with Crippen LogP contribution in [-0.4, -0.2) is 85.1 Å². The number of H-pyrrole nitrogens is 2. The molecule has 2 aliphatic rings. The van der Waals surface area contributed by atoms with Crippen molar-refractivity contribution in [2.45, 2.75) is 44.3 Å². The summed E-state index contributed by atoms with van der Waals surface area (Å²) >= 11 is 24.3. The Morgan fingerprint density at radius 1 is 0.690 bits per heavy atom. The molecule has 0 unspecified atom stereocenters. The van der Waals surface area contributed by atoms with Gasteiger partial charge in [-0.3, -0.25) is 18.8 Å². The summed E-state index contributed by atoms with van der Waals surface area (Å²) in [6.45, 7) is 3.34. The fourth-order valence-corrected chi connectivity index (χ4v) is 8.69. The van der Waals surface area contributed by atoms with Gasteiger partial charge in [0.1, 0.15) is 0 Å². The Bertz CT molecular complexity index is 2650. The van der Waals surface area contributed by atoms with Crippen LogP contribution in [0.1, 0.15) is 74.4 Å². The summed E-state index contributed by atoms with van der Waals surface area (Å²) in [5.74, 6) is -1.62. The van der Waals surface area contributed by atoms with Crippen LogP contribution in [0.3, 0.4) is 0 Å². The number of piperidine rings is 2. The molecule has 8 rings (SSSR count). The molecule has 1 amide bonds. The Labute approximate surface area is 351 Å². The molecule has 0 aliphatic carbocycles.